The van der Waals surface area contributed by atoms with E-state index in [-0.39, 0.29) is 5.15 Å². The number of hydrogen-bond acceptors (Lipinski definition) is 4. The van der Waals surface area contributed by atoms with Crippen LogP contribution in [0, 0.1) is 0 Å². The molecule has 6 heteroatoms. The molecule has 0 fully saturated rings. The minimum Gasteiger partial charge on any atom is -0.411 e. The van der Waals surface area contributed by atoms with E-state index in [1.54, 1.807) is 36.5 Å². The van der Waals surface area contributed by atoms with Crippen LogP contribution in [0.2, 0.25) is 5.15 Å². The first-order valence-electron chi connectivity index (χ1n) is 5.05. The smallest absolute Gasteiger partial charge is 0.409 e. The Bertz CT molecular complexity index is 584. The van der Waals surface area contributed by atoms with Crippen molar-refractivity contribution in [3.8, 4) is 16.9 Å². The molecule has 92 valence electrons. The second-order valence-electron chi connectivity index (χ2n) is 3.55. The Labute approximate surface area is 108 Å². The number of benzene rings is 1. The van der Waals surface area contributed by atoms with Crippen molar-refractivity contribution in [1.29, 1.82) is 0 Å². The number of amides is 1. The van der Waals surface area contributed by atoms with Crippen LogP contribution in [0.4, 0.5) is 10.5 Å². The molecule has 1 amide bonds. The average Bonchev–Trinajstić information content (AvgIpc) is 2.33. The van der Waals surface area contributed by atoms with Crippen LogP contribution >= 0.6 is 11.6 Å². The van der Waals surface area contributed by atoms with E-state index >= 15 is 0 Å². The maximum atomic E-state index is 10.6. The van der Waals surface area contributed by atoms with Crippen molar-refractivity contribution < 1.29 is 9.53 Å². The third-order valence-corrected chi connectivity index (χ3v) is 2.59. The Kier molecular flexibility index (Phi) is 3.34. The summed E-state index contributed by atoms with van der Waals surface area (Å²) in [6, 6.07) is 8.51. The number of hydrogen-bond donors (Lipinski definition) is 2. The first-order valence-corrected chi connectivity index (χ1v) is 5.43. The third kappa shape index (κ3) is 2.70. The molecule has 0 saturated heterocycles. The summed E-state index contributed by atoms with van der Waals surface area (Å²) in [5.41, 5.74) is 12.7. The number of ether oxygens (including phenoxy) is 1. The number of anilines is 1. The SMILES string of the molecule is NC(=O)Oc1ccc(-c2cnc(Cl)c(N)c2)cc1. The lowest BCUT2D eigenvalue weighted by Gasteiger charge is -2.05. The fraction of sp³-hybridized carbons (Fsp3) is 0. The molecule has 0 aliphatic carbocycles. The minimum atomic E-state index is -0.847. The predicted octanol–water partition coefficient (Wildman–Crippen LogP) is 2.44. The summed E-state index contributed by atoms with van der Waals surface area (Å²) < 4.78 is 4.73. The fourth-order valence-corrected chi connectivity index (χ4v) is 1.56. The molecule has 2 rings (SSSR count). The lowest BCUT2D eigenvalue weighted by atomic mass is 10.1. The standard InChI is InChI=1S/C12H10ClN3O2/c13-11-10(14)5-8(6-16-11)7-1-3-9(4-2-7)18-12(15)17/h1-6H,14H2,(H2,15,17). The fourth-order valence-electron chi connectivity index (χ4n) is 1.45. The Balaban J connectivity index is 2.28. The number of carbonyl (C=O) groups excluding carboxylic acids is 1. The van der Waals surface area contributed by atoms with Crippen LogP contribution in [0.3, 0.4) is 0 Å². The van der Waals surface area contributed by atoms with Crippen molar-refractivity contribution in [3.63, 3.8) is 0 Å². The van der Waals surface area contributed by atoms with Crippen LogP contribution in [0.25, 0.3) is 11.1 Å². The third-order valence-electron chi connectivity index (χ3n) is 2.27. The molecule has 0 saturated carbocycles. The molecule has 4 N–H and O–H groups in total. The molecular weight excluding hydrogens is 254 g/mol. The molecule has 1 heterocycles. The van der Waals surface area contributed by atoms with Gasteiger partial charge in [0.25, 0.3) is 0 Å². The number of pyridine rings is 1. The van der Waals surface area contributed by atoms with Crippen molar-refractivity contribution >= 4 is 23.4 Å². The van der Waals surface area contributed by atoms with E-state index in [9.17, 15) is 4.79 Å². The zero-order valence-corrected chi connectivity index (χ0v) is 10.0. The zero-order valence-electron chi connectivity index (χ0n) is 9.26. The van der Waals surface area contributed by atoms with E-state index in [0.29, 0.717) is 11.4 Å². The molecular formula is C12H10ClN3O2. The Morgan fingerprint density at radius 2 is 1.89 bits per heavy atom. The summed E-state index contributed by atoms with van der Waals surface area (Å²) in [6.45, 7) is 0. The van der Waals surface area contributed by atoms with Gasteiger partial charge in [-0.1, -0.05) is 23.7 Å². The lowest BCUT2D eigenvalue weighted by molar-refractivity contribution is 0.211. The van der Waals surface area contributed by atoms with E-state index in [0.717, 1.165) is 11.1 Å². The summed E-state index contributed by atoms with van der Waals surface area (Å²) in [7, 11) is 0. The molecule has 0 bridgehead atoms. The van der Waals surface area contributed by atoms with Crippen molar-refractivity contribution in [3.05, 3.63) is 41.7 Å². The van der Waals surface area contributed by atoms with Crippen LogP contribution in [0.15, 0.2) is 36.5 Å². The lowest BCUT2D eigenvalue weighted by Crippen LogP contribution is -2.16. The van der Waals surface area contributed by atoms with Gasteiger partial charge in [-0.25, -0.2) is 9.78 Å². The van der Waals surface area contributed by atoms with Gasteiger partial charge >= 0.3 is 6.09 Å². The van der Waals surface area contributed by atoms with Gasteiger partial charge in [0.05, 0.1) is 5.69 Å². The predicted molar refractivity (Wildman–Crippen MR) is 69.3 cm³/mol. The minimum absolute atomic E-state index is 0.271. The van der Waals surface area contributed by atoms with Gasteiger partial charge < -0.3 is 16.2 Å². The van der Waals surface area contributed by atoms with E-state index in [4.69, 9.17) is 27.8 Å². The van der Waals surface area contributed by atoms with Gasteiger partial charge in [0.1, 0.15) is 5.75 Å². The molecule has 0 unspecified atom stereocenters. The van der Waals surface area contributed by atoms with Crippen LogP contribution in [0.5, 0.6) is 5.75 Å². The number of primary amides is 1. The van der Waals surface area contributed by atoms with Crippen molar-refractivity contribution in [2.24, 2.45) is 5.73 Å². The van der Waals surface area contributed by atoms with Gasteiger partial charge in [-0.05, 0) is 23.8 Å². The van der Waals surface area contributed by atoms with Crippen LogP contribution < -0.4 is 16.2 Å². The van der Waals surface area contributed by atoms with Crippen molar-refractivity contribution in [2.45, 2.75) is 0 Å². The molecule has 18 heavy (non-hydrogen) atoms. The summed E-state index contributed by atoms with van der Waals surface area (Å²) >= 11 is 5.74. The first kappa shape index (κ1) is 12.2. The molecule has 5 nitrogen and oxygen atoms in total. The van der Waals surface area contributed by atoms with Gasteiger partial charge in [0, 0.05) is 11.8 Å². The topological polar surface area (TPSA) is 91.2 Å². The van der Waals surface area contributed by atoms with Crippen LogP contribution in [-0.2, 0) is 0 Å². The monoisotopic (exact) mass is 263 g/mol. The largest absolute Gasteiger partial charge is 0.411 e. The highest BCUT2D eigenvalue weighted by atomic mass is 35.5. The van der Waals surface area contributed by atoms with E-state index in [2.05, 4.69) is 4.98 Å². The maximum absolute atomic E-state index is 10.6. The molecule has 1 aromatic carbocycles. The quantitative estimate of drug-likeness (QED) is 0.814. The second-order valence-corrected chi connectivity index (χ2v) is 3.91. The van der Waals surface area contributed by atoms with Crippen molar-refractivity contribution in [1.82, 2.24) is 4.98 Å². The van der Waals surface area contributed by atoms with E-state index in [1.807, 2.05) is 0 Å². The molecule has 0 aliphatic heterocycles. The Hall–Kier alpha value is -2.27. The van der Waals surface area contributed by atoms with Gasteiger partial charge in [0.15, 0.2) is 5.15 Å². The van der Waals surface area contributed by atoms with Gasteiger partial charge in [-0.2, -0.15) is 0 Å². The summed E-state index contributed by atoms with van der Waals surface area (Å²) in [4.78, 5) is 14.5. The number of nitrogens with zero attached hydrogens (tertiary/aromatic N) is 1. The van der Waals surface area contributed by atoms with E-state index in [1.165, 1.54) is 0 Å². The highest BCUT2D eigenvalue weighted by Crippen LogP contribution is 2.26. The van der Waals surface area contributed by atoms with Crippen molar-refractivity contribution in [2.75, 3.05) is 5.73 Å². The normalized spacial score (nSPS) is 10.1. The Morgan fingerprint density at radius 1 is 1.22 bits per heavy atom. The van der Waals surface area contributed by atoms with Gasteiger partial charge in [-0.3, -0.25) is 0 Å². The molecule has 2 aromatic rings. The maximum Gasteiger partial charge on any atom is 0.409 e. The van der Waals surface area contributed by atoms with Crippen LogP contribution in [-0.4, -0.2) is 11.1 Å². The number of rotatable bonds is 2. The van der Waals surface area contributed by atoms with Gasteiger partial charge in [0.2, 0.25) is 0 Å². The number of nitrogens with two attached hydrogens (primary N) is 2. The van der Waals surface area contributed by atoms with Crippen LogP contribution in [0.1, 0.15) is 0 Å². The second kappa shape index (κ2) is 4.93. The summed E-state index contributed by atoms with van der Waals surface area (Å²) in [5.74, 6) is 0.376. The highest BCUT2D eigenvalue weighted by molar-refractivity contribution is 6.31. The van der Waals surface area contributed by atoms with E-state index < -0.39 is 6.09 Å². The highest BCUT2D eigenvalue weighted by Gasteiger charge is 2.04. The Morgan fingerprint density at radius 3 is 2.44 bits per heavy atom. The summed E-state index contributed by atoms with van der Waals surface area (Å²) in [5, 5.41) is 0.271. The number of aromatic nitrogens is 1. The zero-order chi connectivity index (χ0) is 13.1. The molecule has 1 aromatic heterocycles. The number of nitrogen functional groups attached to an aromatic ring is 1. The molecule has 0 aliphatic rings. The molecule has 0 spiro atoms. The average molecular weight is 264 g/mol. The number of carbonyl (C=O) groups is 1. The molecule has 0 radical (unpaired) electrons. The first-order chi connectivity index (χ1) is 8.56. The molecule has 0 atom stereocenters. The number of halogens is 1. The van der Waals surface area contributed by atoms with Gasteiger partial charge in [-0.15, -0.1) is 0 Å². The summed E-state index contributed by atoms with van der Waals surface area (Å²) in [6.07, 6.45) is 0.767.